The van der Waals surface area contributed by atoms with Crippen molar-refractivity contribution in [1.29, 1.82) is 0 Å². The van der Waals surface area contributed by atoms with Gasteiger partial charge in [-0.25, -0.2) is 19.6 Å². The number of pyridine rings is 1. The molecule has 2 rings (SSSR count). The fourth-order valence-electron chi connectivity index (χ4n) is 2.09. The SMILES string of the molecule is CCc1cccc(OCc2c(NC)cccc2C(F)F)n1.NNC=O. The number of nitrogens with two attached hydrogens (primary N) is 1. The molecule has 0 atom stereocenters. The maximum Gasteiger partial charge on any atom is 0.264 e. The average molecular weight is 352 g/mol. The fraction of sp³-hybridized carbons (Fsp3) is 0.294. The number of hydrazine groups is 1. The predicted molar refractivity (Wildman–Crippen MR) is 92.3 cm³/mol. The highest BCUT2D eigenvalue weighted by Gasteiger charge is 2.16. The quantitative estimate of drug-likeness (QED) is 0.309. The molecule has 4 N–H and O–H groups in total. The first-order valence-electron chi connectivity index (χ1n) is 7.63. The van der Waals surface area contributed by atoms with E-state index in [9.17, 15) is 8.78 Å². The van der Waals surface area contributed by atoms with E-state index < -0.39 is 6.43 Å². The summed E-state index contributed by atoms with van der Waals surface area (Å²) in [4.78, 5) is 13.2. The Labute approximate surface area is 145 Å². The molecular weight excluding hydrogens is 330 g/mol. The second-order valence-electron chi connectivity index (χ2n) is 4.82. The number of anilines is 1. The van der Waals surface area contributed by atoms with Crippen LogP contribution < -0.4 is 21.3 Å². The molecule has 0 unspecified atom stereocenters. The van der Waals surface area contributed by atoms with Crippen LogP contribution in [0.15, 0.2) is 36.4 Å². The molecule has 2 aromatic rings. The Balaban J connectivity index is 0.000000705. The van der Waals surface area contributed by atoms with Crippen molar-refractivity contribution in [2.24, 2.45) is 5.84 Å². The highest BCUT2D eigenvalue weighted by atomic mass is 19.3. The van der Waals surface area contributed by atoms with E-state index in [1.807, 2.05) is 19.1 Å². The number of benzene rings is 1. The Morgan fingerprint density at radius 1 is 1.28 bits per heavy atom. The molecule has 25 heavy (non-hydrogen) atoms. The molecule has 0 aliphatic rings. The fourth-order valence-corrected chi connectivity index (χ4v) is 2.09. The van der Waals surface area contributed by atoms with E-state index >= 15 is 0 Å². The van der Waals surface area contributed by atoms with Gasteiger partial charge in [0.05, 0.1) is 0 Å². The van der Waals surface area contributed by atoms with Crippen molar-refractivity contribution in [3.63, 3.8) is 0 Å². The Morgan fingerprint density at radius 3 is 2.52 bits per heavy atom. The van der Waals surface area contributed by atoms with Gasteiger partial charge in [0.15, 0.2) is 0 Å². The van der Waals surface area contributed by atoms with Crippen molar-refractivity contribution in [1.82, 2.24) is 10.4 Å². The normalized spacial score (nSPS) is 9.84. The van der Waals surface area contributed by atoms with E-state index in [0.29, 0.717) is 23.5 Å². The summed E-state index contributed by atoms with van der Waals surface area (Å²) in [5.74, 6) is 4.85. The zero-order chi connectivity index (χ0) is 18.7. The van der Waals surface area contributed by atoms with E-state index in [4.69, 9.17) is 9.53 Å². The van der Waals surface area contributed by atoms with Crippen LogP contribution in [-0.2, 0) is 17.8 Å². The van der Waals surface area contributed by atoms with Crippen molar-refractivity contribution in [3.05, 3.63) is 53.2 Å². The molecular formula is C17H22F2N4O2. The van der Waals surface area contributed by atoms with Crippen LogP contribution in [-0.4, -0.2) is 18.4 Å². The van der Waals surface area contributed by atoms with Gasteiger partial charge < -0.3 is 10.1 Å². The van der Waals surface area contributed by atoms with Crippen LogP contribution in [0.1, 0.15) is 30.2 Å². The van der Waals surface area contributed by atoms with Crippen LogP contribution in [0.3, 0.4) is 0 Å². The summed E-state index contributed by atoms with van der Waals surface area (Å²) in [7, 11) is 1.70. The lowest BCUT2D eigenvalue weighted by Crippen LogP contribution is -2.18. The van der Waals surface area contributed by atoms with Crippen LogP contribution in [0, 0.1) is 0 Å². The zero-order valence-electron chi connectivity index (χ0n) is 14.1. The first kappa shape index (κ1) is 20.3. The van der Waals surface area contributed by atoms with E-state index in [-0.39, 0.29) is 12.2 Å². The Kier molecular flexibility index (Phi) is 8.87. The van der Waals surface area contributed by atoms with Gasteiger partial charge in [-0.05, 0) is 18.6 Å². The summed E-state index contributed by atoms with van der Waals surface area (Å²) in [6, 6.07) is 10.2. The summed E-state index contributed by atoms with van der Waals surface area (Å²) in [6.07, 6.45) is -1.33. The highest BCUT2D eigenvalue weighted by molar-refractivity contribution is 5.54. The summed E-state index contributed by atoms with van der Waals surface area (Å²) in [5, 5.41) is 2.92. The van der Waals surface area contributed by atoms with Gasteiger partial charge in [0, 0.05) is 35.6 Å². The molecule has 136 valence electrons. The monoisotopic (exact) mass is 352 g/mol. The van der Waals surface area contributed by atoms with E-state index in [1.165, 1.54) is 6.07 Å². The molecule has 1 amide bonds. The number of aryl methyl sites for hydroxylation is 1. The zero-order valence-corrected chi connectivity index (χ0v) is 14.1. The molecule has 0 spiro atoms. The number of carbonyl (C=O) groups is 1. The van der Waals surface area contributed by atoms with Crippen LogP contribution in [0.25, 0.3) is 0 Å². The third-order valence-corrected chi connectivity index (χ3v) is 3.29. The van der Waals surface area contributed by atoms with Crippen molar-refractivity contribution in [2.75, 3.05) is 12.4 Å². The molecule has 1 aromatic carbocycles. The number of carbonyl (C=O) groups excluding carboxylic acids is 1. The van der Waals surface area contributed by atoms with E-state index in [2.05, 4.69) is 16.1 Å². The molecule has 0 bridgehead atoms. The number of alkyl halides is 2. The molecule has 0 saturated carbocycles. The van der Waals surface area contributed by atoms with Gasteiger partial charge >= 0.3 is 0 Å². The van der Waals surface area contributed by atoms with Gasteiger partial charge in [-0.3, -0.25) is 10.2 Å². The Hall–Kier alpha value is -2.74. The maximum absolute atomic E-state index is 13.1. The Morgan fingerprint density at radius 2 is 1.96 bits per heavy atom. The highest BCUT2D eigenvalue weighted by Crippen LogP contribution is 2.29. The summed E-state index contributed by atoms with van der Waals surface area (Å²) < 4.78 is 31.8. The minimum atomic E-state index is -2.54. The Bertz CT molecular complexity index is 669. The van der Waals surface area contributed by atoms with Crippen LogP contribution >= 0.6 is 0 Å². The van der Waals surface area contributed by atoms with Gasteiger partial charge in [0.2, 0.25) is 12.3 Å². The first-order chi connectivity index (χ1) is 12.1. The number of amides is 1. The molecule has 8 heteroatoms. The molecule has 0 saturated heterocycles. The minimum Gasteiger partial charge on any atom is -0.473 e. The molecule has 6 nitrogen and oxygen atoms in total. The minimum absolute atomic E-state index is 0.0199. The molecule has 1 aromatic heterocycles. The molecule has 0 aliphatic heterocycles. The number of ether oxygens (including phenoxy) is 1. The standard InChI is InChI=1S/C16H18F2N2O.CH4N2O/c1-3-11-6-4-9-15(20-11)21-10-13-12(16(17)18)7-5-8-14(13)19-2;2-3-1-4/h4-9,16,19H,3,10H2,1-2H3;1H,2H2,(H,3,4). The van der Waals surface area contributed by atoms with E-state index in [0.717, 1.165) is 12.1 Å². The lowest BCUT2D eigenvalue weighted by atomic mass is 10.1. The van der Waals surface area contributed by atoms with Gasteiger partial charge in [0.1, 0.15) is 6.61 Å². The molecule has 1 heterocycles. The predicted octanol–water partition coefficient (Wildman–Crippen LogP) is 2.81. The maximum atomic E-state index is 13.1. The number of rotatable bonds is 7. The largest absolute Gasteiger partial charge is 0.473 e. The van der Waals surface area contributed by atoms with Crippen molar-refractivity contribution in [3.8, 4) is 5.88 Å². The number of halogens is 2. The average Bonchev–Trinajstić information content (AvgIpc) is 2.66. The van der Waals surface area contributed by atoms with Crippen molar-refractivity contribution < 1.29 is 18.3 Å². The number of nitrogens with zero attached hydrogens (tertiary/aromatic N) is 1. The van der Waals surface area contributed by atoms with Gasteiger partial charge in [-0.1, -0.05) is 25.1 Å². The molecule has 0 fully saturated rings. The van der Waals surface area contributed by atoms with Crippen LogP contribution in [0.2, 0.25) is 0 Å². The first-order valence-corrected chi connectivity index (χ1v) is 7.63. The third-order valence-electron chi connectivity index (χ3n) is 3.29. The second-order valence-corrected chi connectivity index (χ2v) is 4.82. The van der Waals surface area contributed by atoms with Crippen molar-refractivity contribution in [2.45, 2.75) is 26.4 Å². The van der Waals surface area contributed by atoms with Gasteiger partial charge in [0.25, 0.3) is 6.43 Å². The topological polar surface area (TPSA) is 89.3 Å². The third kappa shape index (κ3) is 6.34. The number of nitrogens with one attached hydrogen (secondary N) is 2. The molecule has 0 radical (unpaired) electrons. The summed E-state index contributed by atoms with van der Waals surface area (Å²) in [5.41, 5.74) is 3.73. The van der Waals surface area contributed by atoms with Gasteiger partial charge in [-0.2, -0.15) is 0 Å². The van der Waals surface area contributed by atoms with Crippen LogP contribution in [0.4, 0.5) is 14.5 Å². The summed E-state index contributed by atoms with van der Waals surface area (Å²) >= 11 is 0. The van der Waals surface area contributed by atoms with Crippen LogP contribution in [0.5, 0.6) is 5.88 Å². The molecule has 0 aliphatic carbocycles. The van der Waals surface area contributed by atoms with Gasteiger partial charge in [-0.15, -0.1) is 0 Å². The lowest BCUT2D eigenvalue weighted by Gasteiger charge is -2.15. The lowest BCUT2D eigenvalue weighted by molar-refractivity contribution is -0.109. The number of aromatic nitrogens is 1. The number of hydrogen-bond acceptors (Lipinski definition) is 5. The number of hydrogen-bond donors (Lipinski definition) is 3. The second kappa shape index (κ2) is 10.9. The van der Waals surface area contributed by atoms with E-state index in [1.54, 1.807) is 30.7 Å². The van der Waals surface area contributed by atoms with Crippen molar-refractivity contribution >= 4 is 12.1 Å². The smallest absolute Gasteiger partial charge is 0.264 e. The summed E-state index contributed by atoms with van der Waals surface area (Å²) in [6.45, 7) is 2.05.